The van der Waals surface area contributed by atoms with Gasteiger partial charge in [-0.15, -0.1) is 0 Å². The van der Waals surface area contributed by atoms with Crippen LogP contribution in [0.3, 0.4) is 0 Å². The topological polar surface area (TPSA) is 29.5 Å². The van der Waals surface area contributed by atoms with E-state index in [2.05, 4.69) is 37.8 Å². The van der Waals surface area contributed by atoms with Gasteiger partial charge in [0.15, 0.2) is 0 Å². The van der Waals surface area contributed by atoms with Gasteiger partial charge in [-0.3, -0.25) is 5.26 Å². The van der Waals surface area contributed by atoms with Gasteiger partial charge in [0.1, 0.15) is 6.10 Å². The Morgan fingerprint density at radius 3 is 2.43 bits per heavy atom. The molecule has 1 atom stereocenters. The fraction of sp³-hybridized carbons (Fsp3) is 0.500. The molecule has 1 unspecified atom stereocenters. The molecule has 0 heterocycles. The van der Waals surface area contributed by atoms with Crippen molar-refractivity contribution in [1.29, 1.82) is 0 Å². The molecule has 0 aliphatic rings. The second-order valence-electron chi connectivity index (χ2n) is 4.62. The lowest BCUT2D eigenvalue weighted by atomic mass is 9.86. The van der Waals surface area contributed by atoms with Crippen LogP contribution in [0.4, 0.5) is 0 Å². The SMILES string of the molecule is CC(OO)c1cccc(C(C)(C)C)c1. The molecular weight excluding hydrogens is 176 g/mol. The van der Waals surface area contributed by atoms with Gasteiger partial charge in [-0.2, -0.15) is 0 Å². The molecule has 2 heteroatoms. The molecule has 2 nitrogen and oxygen atoms in total. The van der Waals surface area contributed by atoms with E-state index < -0.39 is 0 Å². The first-order valence-corrected chi connectivity index (χ1v) is 4.86. The van der Waals surface area contributed by atoms with E-state index in [9.17, 15) is 0 Å². The van der Waals surface area contributed by atoms with Crippen LogP contribution in [0.1, 0.15) is 44.9 Å². The van der Waals surface area contributed by atoms with Gasteiger partial charge in [0.2, 0.25) is 0 Å². The van der Waals surface area contributed by atoms with E-state index in [0.717, 1.165) is 5.56 Å². The molecule has 0 aromatic heterocycles. The first kappa shape index (κ1) is 11.2. The van der Waals surface area contributed by atoms with Gasteiger partial charge in [0, 0.05) is 0 Å². The summed E-state index contributed by atoms with van der Waals surface area (Å²) in [6.07, 6.45) is -0.266. The van der Waals surface area contributed by atoms with E-state index in [-0.39, 0.29) is 11.5 Å². The van der Waals surface area contributed by atoms with Crippen LogP contribution in [0.2, 0.25) is 0 Å². The van der Waals surface area contributed by atoms with Crippen LogP contribution in [0.5, 0.6) is 0 Å². The fourth-order valence-corrected chi connectivity index (χ4v) is 1.32. The third-order valence-corrected chi connectivity index (χ3v) is 2.38. The minimum Gasteiger partial charge on any atom is -0.251 e. The molecule has 0 aliphatic heterocycles. The molecule has 1 N–H and O–H groups in total. The van der Waals surface area contributed by atoms with Crippen LogP contribution < -0.4 is 0 Å². The van der Waals surface area contributed by atoms with Crippen molar-refractivity contribution in [2.75, 3.05) is 0 Å². The Bertz CT molecular complexity index is 299. The van der Waals surface area contributed by atoms with Crippen molar-refractivity contribution in [2.45, 2.75) is 39.2 Å². The highest BCUT2D eigenvalue weighted by atomic mass is 17.1. The molecule has 14 heavy (non-hydrogen) atoms. The van der Waals surface area contributed by atoms with Crippen molar-refractivity contribution < 1.29 is 10.1 Å². The summed E-state index contributed by atoms with van der Waals surface area (Å²) >= 11 is 0. The van der Waals surface area contributed by atoms with Crippen molar-refractivity contribution >= 4 is 0 Å². The monoisotopic (exact) mass is 194 g/mol. The molecule has 1 rings (SSSR count). The van der Waals surface area contributed by atoms with Crippen molar-refractivity contribution in [2.24, 2.45) is 0 Å². The predicted molar refractivity (Wildman–Crippen MR) is 57.3 cm³/mol. The number of benzene rings is 1. The van der Waals surface area contributed by atoms with Gasteiger partial charge < -0.3 is 0 Å². The lowest BCUT2D eigenvalue weighted by Gasteiger charge is -2.20. The maximum atomic E-state index is 8.58. The molecule has 0 aliphatic carbocycles. The highest BCUT2D eigenvalue weighted by molar-refractivity contribution is 5.29. The Morgan fingerprint density at radius 2 is 1.93 bits per heavy atom. The van der Waals surface area contributed by atoms with Gasteiger partial charge in [0.25, 0.3) is 0 Å². The lowest BCUT2D eigenvalue weighted by molar-refractivity contribution is -0.277. The van der Waals surface area contributed by atoms with Gasteiger partial charge in [-0.25, -0.2) is 4.89 Å². The maximum absolute atomic E-state index is 8.58. The van der Waals surface area contributed by atoms with Crippen molar-refractivity contribution in [3.63, 3.8) is 0 Å². The smallest absolute Gasteiger partial charge is 0.115 e. The lowest BCUT2D eigenvalue weighted by Crippen LogP contribution is -2.11. The van der Waals surface area contributed by atoms with Crippen molar-refractivity contribution in [1.82, 2.24) is 0 Å². The molecule has 0 spiro atoms. The summed E-state index contributed by atoms with van der Waals surface area (Å²) in [5, 5.41) is 8.58. The van der Waals surface area contributed by atoms with E-state index in [1.165, 1.54) is 5.56 Å². The zero-order chi connectivity index (χ0) is 10.8. The first-order valence-electron chi connectivity index (χ1n) is 4.86. The number of hydrogen-bond donors (Lipinski definition) is 1. The van der Waals surface area contributed by atoms with Crippen molar-refractivity contribution in [3.05, 3.63) is 35.4 Å². The predicted octanol–water partition coefficient (Wildman–Crippen LogP) is 3.53. The zero-order valence-electron chi connectivity index (χ0n) is 9.24. The van der Waals surface area contributed by atoms with Crippen LogP contribution in [-0.4, -0.2) is 5.26 Å². The summed E-state index contributed by atoms with van der Waals surface area (Å²) in [6.45, 7) is 8.31. The first-order chi connectivity index (χ1) is 6.45. The molecule has 0 saturated heterocycles. The third kappa shape index (κ3) is 2.56. The summed E-state index contributed by atoms with van der Waals surface area (Å²) in [5.74, 6) is 0. The Hall–Kier alpha value is -0.860. The molecule has 0 radical (unpaired) electrons. The highest BCUT2D eigenvalue weighted by Gasteiger charge is 2.15. The van der Waals surface area contributed by atoms with Crippen LogP contribution >= 0.6 is 0 Å². The standard InChI is InChI=1S/C12H18O2/c1-9(14-13)10-6-5-7-11(8-10)12(2,3)4/h5-9,13H,1-4H3. The van der Waals surface area contributed by atoms with Crippen LogP contribution in [0, 0.1) is 0 Å². The van der Waals surface area contributed by atoms with Gasteiger partial charge in [-0.1, -0.05) is 45.0 Å². The molecule has 1 aromatic rings. The summed E-state index contributed by atoms with van der Waals surface area (Å²) < 4.78 is 0. The summed E-state index contributed by atoms with van der Waals surface area (Å²) in [7, 11) is 0. The van der Waals surface area contributed by atoms with Crippen LogP contribution in [-0.2, 0) is 10.3 Å². The third-order valence-electron chi connectivity index (χ3n) is 2.38. The van der Waals surface area contributed by atoms with E-state index in [0.29, 0.717) is 0 Å². The quantitative estimate of drug-likeness (QED) is 0.576. The number of rotatable bonds is 2. The molecule has 0 amide bonds. The Morgan fingerprint density at radius 1 is 1.29 bits per heavy atom. The molecule has 78 valence electrons. The fourth-order valence-electron chi connectivity index (χ4n) is 1.32. The molecule has 0 bridgehead atoms. The minimum absolute atomic E-state index is 0.130. The van der Waals surface area contributed by atoms with Gasteiger partial charge in [0.05, 0.1) is 0 Å². The Labute approximate surface area is 85.5 Å². The summed E-state index contributed by atoms with van der Waals surface area (Å²) in [4.78, 5) is 4.30. The largest absolute Gasteiger partial charge is 0.251 e. The van der Waals surface area contributed by atoms with Gasteiger partial charge >= 0.3 is 0 Å². The summed E-state index contributed by atoms with van der Waals surface area (Å²) in [5.41, 5.74) is 2.38. The van der Waals surface area contributed by atoms with Crippen molar-refractivity contribution in [3.8, 4) is 0 Å². The van der Waals surface area contributed by atoms with E-state index >= 15 is 0 Å². The minimum atomic E-state index is -0.266. The second-order valence-corrected chi connectivity index (χ2v) is 4.62. The Kier molecular flexibility index (Phi) is 3.29. The molecular formula is C12H18O2. The molecule has 0 saturated carbocycles. The highest BCUT2D eigenvalue weighted by Crippen LogP contribution is 2.25. The van der Waals surface area contributed by atoms with E-state index in [1.807, 2.05) is 19.1 Å². The average Bonchev–Trinajstić information content (AvgIpc) is 2.15. The average molecular weight is 194 g/mol. The second kappa shape index (κ2) is 4.11. The van der Waals surface area contributed by atoms with Crippen LogP contribution in [0.25, 0.3) is 0 Å². The van der Waals surface area contributed by atoms with E-state index in [1.54, 1.807) is 0 Å². The van der Waals surface area contributed by atoms with Gasteiger partial charge in [-0.05, 0) is 23.5 Å². The normalized spacial score (nSPS) is 14.1. The van der Waals surface area contributed by atoms with E-state index in [4.69, 9.17) is 5.26 Å². The molecule has 0 fully saturated rings. The zero-order valence-corrected chi connectivity index (χ0v) is 9.24. The Balaban J connectivity index is 3.01. The maximum Gasteiger partial charge on any atom is 0.115 e. The number of hydrogen-bond acceptors (Lipinski definition) is 2. The summed E-state index contributed by atoms with van der Waals surface area (Å²) in [6, 6.07) is 8.11. The molecule has 1 aromatic carbocycles. The van der Waals surface area contributed by atoms with Crippen LogP contribution in [0.15, 0.2) is 24.3 Å².